The molecule has 0 aliphatic rings. The van der Waals surface area contributed by atoms with E-state index in [1.807, 2.05) is 25.1 Å². The Balaban J connectivity index is 1.94. The summed E-state index contributed by atoms with van der Waals surface area (Å²) in [5.41, 5.74) is 1.78. The van der Waals surface area contributed by atoms with E-state index in [1.165, 1.54) is 22.5 Å². The van der Waals surface area contributed by atoms with E-state index in [1.54, 1.807) is 18.3 Å². The molecule has 0 unspecified atom stereocenters. The van der Waals surface area contributed by atoms with Gasteiger partial charge in [-0.2, -0.15) is 5.10 Å². The van der Waals surface area contributed by atoms with Crippen molar-refractivity contribution in [2.75, 3.05) is 6.54 Å². The van der Waals surface area contributed by atoms with Crippen LogP contribution in [0.1, 0.15) is 11.3 Å². The van der Waals surface area contributed by atoms with Crippen LogP contribution in [0.3, 0.4) is 0 Å². The molecule has 0 aliphatic heterocycles. The Labute approximate surface area is 164 Å². The fraction of sp³-hybridized carbons (Fsp3) is 0.167. The van der Waals surface area contributed by atoms with E-state index in [4.69, 9.17) is 16.7 Å². The molecule has 3 aromatic rings. The summed E-state index contributed by atoms with van der Waals surface area (Å²) in [6.45, 7) is 2.03. The first-order chi connectivity index (χ1) is 12.9. The Morgan fingerprint density at radius 1 is 1.33 bits per heavy atom. The van der Waals surface area contributed by atoms with Gasteiger partial charge in [0.25, 0.3) is 0 Å². The fourth-order valence-electron chi connectivity index (χ4n) is 2.40. The molecule has 6 nitrogen and oxygen atoms in total. The Morgan fingerprint density at radius 2 is 2.15 bits per heavy atom. The van der Waals surface area contributed by atoms with E-state index in [9.17, 15) is 9.18 Å². The molecule has 27 heavy (non-hydrogen) atoms. The summed E-state index contributed by atoms with van der Waals surface area (Å²) in [6, 6.07) is 10.2. The van der Waals surface area contributed by atoms with Crippen LogP contribution in [0.15, 0.2) is 52.5 Å². The Hall–Kier alpha value is -2.58. The number of nitrogens with zero attached hydrogens (tertiary/aromatic N) is 3. The number of halogens is 2. The quantitative estimate of drug-likeness (QED) is 0.595. The molecular weight excluding hydrogens is 391 g/mol. The summed E-state index contributed by atoms with van der Waals surface area (Å²) in [4.78, 5) is 15.5. The van der Waals surface area contributed by atoms with Gasteiger partial charge in [0.1, 0.15) is 21.7 Å². The minimum atomic E-state index is -1.10. The molecule has 0 radical (unpaired) electrons. The van der Waals surface area contributed by atoms with E-state index < -0.39 is 6.09 Å². The smallest absolute Gasteiger partial charge is 0.404 e. The SMILES string of the molecule is Cc1ccc(-n2nc(CCNC(=O)O)cc2Sc2ccc(Cl)nc2)c(F)c1. The largest absolute Gasteiger partial charge is 0.465 e. The summed E-state index contributed by atoms with van der Waals surface area (Å²) < 4.78 is 16.0. The van der Waals surface area contributed by atoms with Crippen LogP contribution in [-0.2, 0) is 6.42 Å². The topological polar surface area (TPSA) is 80.0 Å². The van der Waals surface area contributed by atoms with Gasteiger partial charge in [-0.05, 0) is 42.8 Å². The zero-order valence-corrected chi connectivity index (χ0v) is 15.9. The highest BCUT2D eigenvalue weighted by molar-refractivity contribution is 7.99. The second-order valence-electron chi connectivity index (χ2n) is 5.74. The van der Waals surface area contributed by atoms with E-state index >= 15 is 0 Å². The number of hydrogen-bond donors (Lipinski definition) is 2. The number of amides is 1. The van der Waals surface area contributed by atoms with E-state index in [-0.39, 0.29) is 12.4 Å². The van der Waals surface area contributed by atoms with Crippen LogP contribution < -0.4 is 5.32 Å². The van der Waals surface area contributed by atoms with Gasteiger partial charge in [0.05, 0.1) is 5.69 Å². The maximum atomic E-state index is 14.5. The van der Waals surface area contributed by atoms with Crippen molar-refractivity contribution in [1.29, 1.82) is 0 Å². The number of carbonyl (C=O) groups is 1. The van der Waals surface area contributed by atoms with Crippen LogP contribution in [0.2, 0.25) is 5.15 Å². The number of hydrogen-bond acceptors (Lipinski definition) is 4. The van der Waals surface area contributed by atoms with Crippen molar-refractivity contribution in [3.63, 3.8) is 0 Å². The molecule has 2 N–H and O–H groups in total. The van der Waals surface area contributed by atoms with Gasteiger partial charge in [0.15, 0.2) is 0 Å². The summed E-state index contributed by atoms with van der Waals surface area (Å²) in [6.07, 6.45) is 0.918. The van der Waals surface area contributed by atoms with Gasteiger partial charge < -0.3 is 10.4 Å². The van der Waals surface area contributed by atoms with Gasteiger partial charge >= 0.3 is 6.09 Å². The van der Waals surface area contributed by atoms with Crippen molar-refractivity contribution in [2.24, 2.45) is 0 Å². The van der Waals surface area contributed by atoms with Gasteiger partial charge in [0.2, 0.25) is 0 Å². The maximum absolute atomic E-state index is 14.5. The van der Waals surface area contributed by atoms with Crippen LogP contribution in [0.25, 0.3) is 5.69 Å². The predicted molar refractivity (Wildman–Crippen MR) is 101 cm³/mol. The van der Waals surface area contributed by atoms with Crippen LogP contribution in [0, 0.1) is 12.7 Å². The van der Waals surface area contributed by atoms with Crippen molar-refractivity contribution in [2.45, 2.75) is 23.3 Å². The van der Waals surface area contributed by atoms with Gasteiger partial charge in [-0.25, -0.2) is 18.9 Å². The average molecular weight is 407 g/mol. The minimum absolute atomic E-state index is 0.218. The molecule has 9 heteroatoms. The van der Waals surface area contributed by atoms with Crippen LogP contribution >= 0.6 is 23.4 Å². The number of aryl methyl sites for hydroxylation is 1. The van der Waals surface area contributed by atoms with Crippen molar-refractivity contribution in [3.8, 4) is 5.69 Å². The first kappa shape index (κ1) is 19.2. The molecule has 1 amide bonds. The highest BCUT2D eigenvalue weighted by Crippen LogP contribution is 2.31. The number of carboxylic acid groups (broad SMARTS) is 1. The fourth-order valence-corrected chi connectivity index (χ4v) is 3.42. The lowest BCUT2D eigenvalue weighted by Gasteiger charge is -2.09. The third-order valence-electron chi connectivity index (χ3n) is 3.64. The van der Waals surface area contributed by atoms with Gasteiger partial charge in [-0.15, -0.1) is 0 Å². The number of aromatic nitrogens is 3. The van der Waals surface area contributed by atoms with Crippen LogP contribution in [0.4, 0.5) is 9.18 Å². The number of rotatable bonds is 6. The first-order valence-electron chi connectivity index (χ1n) is 8.04. The molecule has 1 aromatic carbocycles. The highest BCUT2D eigenvalue weighted by atomic mass is 35.5. The van der Waals surface area contributed by atoms with Crippen molar-refractivity contribution >= 4 is 29.5 Å². The maximum Gasteiger partial charge on any atom is 0.404 e. The standard InChI is InChI=1S/C18H16ClFN4O2S/c1-11-2-4-15(14(20)8-11)24-17(27-13-3-5-16(19)22-10-13)9-12(23-24)6-7-21-18(25)26/h2-5,8-10,21H,6-7H2,1H3,(H,25,26). The second kappa shape index (κ2) is 8.41. The van der Waals surface area contributed by atoms with Crippen LogP contribution in [0.5, 0.6) is 0 Å². The average Bonchev–Trinajstić information content (AvgIpc) is 2.99. The molecule has 0 fully saturated rings. The van der Waals surface area contributed by atoms with Gasteiger partial charge in [-0.3, -0.25) is 0 Å². The molecule has 0 saturated heterocycles. The zero-order valence-electron chi connectivity index (χ0n) is 14.3. The lowest BCUT2D eigenvalue weighted by atomic mass is 10.2. The molecule has 0 atom stereocenters. The number of benzene rings is 1. The number of nitrogens with one attached hydrogen (secondary N) is 1. The van der Waals surface area contributed by atoms with Crippen molar-refractivity contribution < 1.29 is 14.3 Å². The molecule has 140 valence electrons. The molecular formula is C18H16ClFN4O2S. The highest BCUT2D eigenvalue weighted by Gasteiger charge is 2.15. The Bertz CT molecular complexity index is 962. The molecule has 3 rings (SSSR count). The molecule has 0 spiro atoms. The summed E-state index contributed by atoms with van der Waals surface area (Å²) in [7, 11) is 0. The van der Waals surface area contributed by atoms with Crippen molar-refractivity contribution in [1.82, 2.24) is 20.1 Å². The van der Waals surface area contributed by atoms with Crippen molar-refractivity contribution in [3.05, 3.63) is 64.8 Å². The van der Waals surface area contributed by atoms with Gasteiger partial charge in [0, 0.05) is 24.1 Å². The lowest BCUT2D eigenvalue weighted by Crippen LogP contribution is -2.23. The molecule has 0 saturated carbocycles. The third-order valence-corrected chi connectivity index (χ3v) is 4.84. The summed E-state index contributed by atoms with van der Waals surface area (Å²) >= 11 is 7.19. The molecule has 0 aliphatic carbocycles. The summed E-state index contributed by atoms with van der Waals surface area (Å²) in [5.74, 6) is -0.385. The molecule has 2 aromatic heterocycles. The molecule has 0 bridgehead atoms. The zero-order chi connectivity index (χ0) is 19.4. The van der Waals surface area contributed by atoms with E-state index in [0.29, 0.717) is 28.0 Å². The minimum Gasteiger partial charge on any atom is -0.465 e. The predicted octanol–water partition coefficient (Wildman–Crippen LogP) is 4.33. The Kier molecular flexibility index (Phi) is 5.98. The summed E-state index contributed by atoms with van der Waals surface area (Å²) in [5, 5.41) is 16.5. The van der Waals surface area contributed by atoms with E-state index in [0.717, 1.165) is 10.5 Å². The Morgan fingerprint density at radius 3 is 2.81 bits per heavy atom. The van der Waals surface area contributed by atoms with E-state index in [2.05, 4.69) is 15.4 Å². The monoisotopic (exact) mass is 406 g/mol. The third kappa shape index (κ3) is 4.99. The second-order valence-corrected chi connectivity index (χ2v) is 7.22. The van der Waals surface area contributed by atoms with Gasteiger partial charge in [-0.1, -0.05) is 29.4 Å². The molecule has 2 heterocycles. The van der Waals surface area contributed by atoms with Crippen LogP contribution in [-0.4, -0.2) is 32.5 Å². The number of pyridine rings is 1. The first-order valence-corrected chi connectivity index (χ1v) is 9.23. The normalized spacial score (nSPS) is 10.8. The lowest BCUT2D eigenvalue weighted by molar-refractivity contribution is 0.194.